The Morgan fingerprint density at radius 3 is 2.84 bits per heavy atom. The molecule has 0 bridgehead atoms. The molecule has 1 heterocycles. The van der Waals surface area contributed by atoms with Gasteiger partial charge in [0.25, 0.3) is 0 Å². The molecule has 3 nitrogen and oxygen atoms in total. The number of nitrogens with zero attached hydrogens (tertiary/aromatic N) is 2. The maximum absolute atomic E-state index is 13.1. The number of hydrogen-bond donors (Lipinski definition) is 1. The van der Waals surface area contributed by atoms with Crippen LogP contribution in [0.15, 0.2) is 42.5 Å². The van der Waals surface area contributed by atoms with E-state index in [1.165, 1.54) is 12.1 Å². The average molecular weight is 251 g/mol. The molecule has 19 heavy (non-hydrogen) atoms. The minimum absolute atomic E-state index is 0.258. The predicted octanol–water partition coefficient (Wildman–Crippen LogP) is 3.16. The number of aromatic nitrogens is 2. The van der Waals surface area contributed by atoms with Crippen molar-refractivity contribution < 1.29 is 4.39 Å². The maximum atomic E-state index is 13.1. The summed E-state index contributed by atoms with van der Waals surface area (Å²) in [5.41, 5.74) is 2.87. The highest BCUT2D eigenvalue weighted by Gasteiger charge is 2.07. The van der Waals surface area contributed by atoms with Gasteiger partial charge in [0, 0.05) is 6.42 Å². The van der Waals surface area contributed by atoms with E-state index in [9.17, 15) is 4.39 Å². The Morgan fingerprint density at radius 2 is 2.05 bits per heavy atom. The largest absolute Gasteiger partial charge is 0.342 e. The number of nitrogens with one attached hydrogen (secondary N) is 1. The van der Waals surface area contributed by atoms with E-state index in [2.05, 4.69) is 16.0 Å². The second kappa shape index (κ2) is 4.54. The van der Waals surface area contributed by atoms with Crippen molar-refractivity contribution in [3.05, 3.63) is 65.2 Å². The number of imidazole rings is 1. The molecular formula is C15H10FN3. The summed E-state index contributed by atoms with van der Waals surface area (Å²) in [6.45, 7) is 0. The van der Waals surface area contributed by atoms with Crippen molar-refractivity contribution in [3.63, 3.8) is 0 Å². The van der Waals surface area contributed by atoms with E-state index in [-0.39, 0.29) is 5.82 Å². The van der Waals surface area contributed by atoms with Crippen LogP contribution in [0.4, 0.5) is 4.39 Å². The van der Waals surface area contributed by atoms with Gasteiger partial charge in [-0.25, -0.2) is 9.37 Å². The number of rotatable bonds is 2. The fourth-order valence-corrected chi connectivity index (χ4v) is 2.10. The Morgan fingerprint density at radius 1 is 1.21 bits per heavy atom. The number of benzene rings is 2. The molecule has 0 unspecified atom stereocenters. The molecule has 0 spiro atoms. The molecule has 0 radical (unpaired) electrons. The summed E-state index contributed by atoms with van der Waals surface area (Å²) in [6.07, 6.45) is 0.511. The third-order valence-corrected chi connectivity index (χ3v) is 2.94. The van der Waals surface area contributed by atoms with Crippen LogP contribution in [-0.2, 0) is 6.42 Å². The van der Waals surface area contributed by atoms with Gasteiger partial charge in [0.15, 0.2) is 0 Å². The van der Waals surface area contributed by atoms with Gasteiger partial charge < -0.3 is 4.98 Å². The van der Waals surface area contributed by atoms with Crippen molar-refractivity contribution in [1.29, 1.82) is 5.26 Å². The second-order valence-electron chi connectivity index (χ2n) is 4.30. The molecule has 0 saturated carbocycles. The molecule has 0 amide bonds. The maximum Gasteiger partial charge on any atom is 0.123 e. The molecule has 0 aliphatic rings. The third-order valence-electron chi connectivity index (χ3n) is 2.94. The summed E-state index contributed by atoms with van der Waals surface area (Å²) in [5.74, 6) is 0.467. The van der Waals surface area contributed by atoms with Gasteiger partial charge in [0.2, 0.25) is 0 Å². The van der Waals surface area contributed by atoms with Crippen LogP contribution in [0.3, 0.4) is 0 Å². The van der Waals surface area contributed by atoms with E-state index in [0.717, 1.165) is 16.9 Å². The summed E-state index contributed by atoms with van der Waals surface area (Å²) in [4.78, 5) is 7.56. The van der Waals surface area contributed by atoms with Crippen molar-refractivity contribution in [2.24, 2.45) is 0 Å². The number of H-pyrrole nitrogens is 1. The fraction of sp³-hybridized carbons (Fsp3) is 0.0667. The van der Waals surface area contributed by atoms with Crippen molar-refractivity contribution in [2.75, 3.05) is 0 Å². The SMILES string of the molecule is N#Cc1cccc2[nH]c(Cc3cccc(F)c3)nc12. The number of halogens is 1. The lowest BCUT2D eigenvalue weighted by Gasteiger charge is -1.97. The lowest BCUT2D eigenvalue weighted by Crippen LogP contribution is -1.91. The first-order chi connectivity index (χ1) is 9.26. The molecular weight excluding hydrogens is 241 g/mol. The standard InChI is InChI=1S/C15H10FN3/c16-12-5-1-3-10(7-12)8-14-18-13-6-2-4-11(9-17)15(13)19-14/h1-7H,8H2,(H,18,19). The Kier molecular flexibility index (Phi) is 2.73. The highest BCUT2D eigenvalue weighted by molar-refractivity contribution is 5.81. The molecule has 3 rings (SSSR count). The van der Waals surface area contributed by atoms with Gasteiger partial charge in [-0.1, -0.05) is 18.2 Å². The van der Waals surface area contributed by atoms with E-state index in [1.54, 1.807) is 12.1 Å². The number of aromatic amines is 1. The molecule has 0 atom stereocenters. The number of hydrogen-bond acceptors (Lipinski definition) is 2. The molecule has 0 saturated heterocycles. The zero-order chi connectivity index (χ0) is 13.2. The Balaban J connectivity index is 2.01. The molecule has 0 fully saturated rings. The van der Waals surface area contributed by atoms with Crippen LogP contribution in [0.25, 0.3) is 11.0 Å². The van der Waals surface area contributed by atoms with E-state index in [0.29, 0.717) is 17.5 Å². The van der Waals surface area contributed by atoms with Crippen LogP contribution >= 0.6 is 0 Å². The molecule has 1 aromatic heterocycles. The van der Waals surface area contributed by atoms with Gasteiger partial charge in [-0.3, -0.25) is 0 Å². The molecule has 2 aromatic carbocycles. The van der Waals surface area contributed by atoms with Gasteiger partial charge in [-0.05, 0) is 29.8 Å². The Bertz CT molecular complexity index is 783. The normalized spacial score (nSPS) is 10.5. The van der Waals surface area contributed by atoms with Crippen LogP contribution < -0.4 is 0 Å². The third kappa shape index (κ3) is 2.18. The summed E-state index contributed by atoms with van der Waals surface area (Å²) in [6, 6.07) is 13.9. The van der Waals surface area contributed by atoms with Gasteiger partial charge in [-0.2, -0.15) is 5.26 Å². The molecule has 0 aliphatic carbocycles. The minimum atomic E-state index is -0.258. The number of para-hydroxylation sites is 1. The van der Waals surface area contributed by atoms with Crippen LogP contribution in [0, 0.1) is 17.1 Å². The van der Waals surface area contributed by atoms with Crippen molar-refractivity contribution in [3.8, 4) is 6.07 Å². The molecule has 1 N–H and O–H groups in total. The lowest BCUT2D eigenvalue weighted by atomic mass is 10.1. The van der Waals surface area contributed by atoms with Gasteiger partial charge in [0.1, 0.15) is 23.2 Å². The molecule has 0 aliphatic heterocycles. The summed E-state index contributed by atoms with van der Waals surface area (Å²) in [7, 11) is 0. The monoisotopic (exact) mass is 251 g/mol. The first-order valence-electron chi connectivity index (χ1n) is 5.88. The first kappa shape index (κ1) is 11.4. The summed E-state index contributed by atoms with van der Waals surface area (Å²) in [5, 5.41) is 9.02. The lowest BCUT2D eigenvalue weighted by molar-refractivity contribution is 0.626. The fourth-order valence-electron chi connectivity index (χ4n) is 2.10. The second-order valence-corrected chi connectivity index (χ2v) is 4.30. The topological polar surface area (TPSA) is 52.5 Å². The van der Waals surface area contributed by atoms with Gasteiger partial charge >= 0.3 is 0 Å². The molecule has 92 valence electrons. The van der Waals surface area contributed by atoms with Crippen molar-refractivity contribution in [2.45, 2.75) is 6.42 Å². The Hall–Kier alpha value is -2.67. The first-order valence-corrected chi connectivity index (χ1v) is 5.88. The zero-order valence-corrected chi connectivity index (χ0v) is 10.0. The predicted molar refractivity (Wildman–Crippen MR) is 70.0 cm³/mol. The van der Waals surface area contributed by atoms with E-state index < -0.39 is 0 Å². The number of fused-ring (bicyclic) bond motifs is 1. The molecule has 3 aromatic rings. The van der Waals surface area contributed by atoms with Gasteiger partial charge in [-0.15, -0.1) is 0 Å². The minimum Gasteiger partial charge on any atom is -0.342 e. The van der Waals surface area contributed by atoms with Crippen molar-refractivity contribution in [1.82, 2.24) is 9.97 Å². The van der Waals surface area contributed by atoms with E-state index in [1.807, 2.05) is 18.2 Å². The van der Waals surface area contributed by atoms with E-state index in [4.69, 9.17) is 5.26 Å². The smallest absolute Gasteiger partial charge is 0.123 e. The average Bonchev–Trinajstić information content (AvgIpc) is 2.80. The Labute approximate surface area is 109 Å². The van der Waals surface area contributed by atoms with E-state index >= 15 is 0 Å². The van der Waals surface area contributed by atoms with Crippen molar-refractivity contribution >= 4 is 11.0 Å². The van der Waals surface area contributed by atoms with Crippen LogP contribution in [0.1, 0.15) is 17.0 Å². The number of nitriles is 1. The van der Waals surface area contributed by atoms with Crippen LogP contribution in [-0.4, -0.2) is 9.97 Å². The van der Waals surface area contributed by atoms with Gasteiger partial charge in [0.05, 0.1) is 11.1 Å². The van der Waals surface area contributed by atoms with Crippen LogP contribution in [0.5, 0.6) is 0 Å². The summed E-state index contributed by atoms with van der Waals surface area (Å²) < 4.78 is 13.1. The quantitative estimate of drug-likeness (QED) is 0.760. The summed E-state index contributed by atoms with van der Waals surface area (Å²) >= 11 is 0. The highest BCUT2D eigenvalue weighted by Crippen LogP contribution is 2.17. The molecule has 4 heteroatoms. The zero-order valence-electron chi connectivity index (χ0n) is 10.0. The van der Waals surface area contributed by atoms with Crippen LogP contribution in [0.2, 0.25) is 0 Å². The highest BCUT2D eigenvalue weighted by atomic mass is 19.1.